The molecular formula is C14H20ClN. The zero-order valence-electron chi connectivity index (χ0n) is 9.88. The highest BCUT2D eigenvalue weighted by atomic mass is 35.5. The third-order valence-electron chi connectivity index (χ3n) is 3.33. The lowest BCUT2D eigenvalue weighted by Gasteiger charge is -2.19. The van der Waals surface area contributed by atoms with Crippen LogP contribution in [0.5, 0.6) is 0 Å². The first kappa shape index (κ1) is 11.9. The maximum absolute atomic E-state index is 5.87. The maximum Gasteiger partial charge on any atom is 0.0406 e. The Morgan fingerprint density at radius 3 is 2.50 bits per heavy atom. The molecule has 1 aliphatic rings. The van der Waals surface area contributed by atoms with Crippen LogP contribution in [-0.4, -0.2) is 12.1 Å². The van der Waals surface area contributed by atoms with Crippen LogP contribution in [0.25, 0.3) is 0 Å². The monoisotopic (exact) mass is 237 g/mol. The van der Waals surface area contributed by atoms with E-state index in [2.05, 4.69) is 24.4 Å². The Labute approximate surface area is 103 Å². The van der Waals surface area contributed by atoms with E-state index >= 15 is 0 Å². The molecule has 2 heteroatoms. The molecule has 0 aromatic heterocycles. The van der Waals surface area contributed by atoms with Crippen molar-refractivity contribution in [1.29, 1.82) is 0 Å². The molecule has 1 saturated carbocycles. The normalized spacial score (nSPS) is 18.9. The molecular weight excluding hydrogens is 218 g/mol. The summed E-state index contributed by atoms with van der Waals surface area (Å²) in [6, 6.07) is 9.49. The highest BCUT2D eigenvalue weighted by Gasteiger charge is 2.16. The van der Waals surface area contributed by atoms with Crippen LogP contribution in [0.4, 0.5) is 0 Å². The van der Waals surface area contributed by atoms with Crippen LogP contribution < -0.4 is 5.32 Å². The first-order chi connectivity index (χ1) is 7.74. The van der Waals surface area contributed by atoms with Crippen LogP contribution in [0.3, 0.4) is 0 Å². The minimum Gasteiger partial charge on any atom is -0.311 e. The lowest BCUT2D eigenvalue weighted by molar-refractivity contribution is 0.448. The van der Waals surface area contributed by atoms with E-state index in [0.29, 0.717) is 6.04 Å². The summed E-state index contributed by atoms with van der Waals surface area (Å²) in [5.74, 6) is 0. The smallest absolute Gasteiger partial charge is 0.0406 e. The van der Waals surface area contributed by atoms with Crippen molar-refractivity contribution in [2.75, 3.05) is 0 Å². The summed E-state index contributed by atoms with van der Waals surface area (Å²) in [7, 11) is 0. The molecule has 1 atom stereocenters. The molecule has 1 aromatic carbocycles. The first-order valence-corrected chi connectivity index (χ1v) is 6.62. The Hall–Kier alpha value is -0.530. The predicted octanol–water partition coefficient (Wildman–Crippen LogP) is 3.80. The predicted molar refractivity (Wildman–Crippen MR) is 70.0 cm³/mol. The van der Waals surface area contributed by atoms with Crippen LogP contribution in [0.2, 0.25) is 5.02 Å². The van der Waals surface area contributed by atoms with Gasteiger partial charge in [-0.1, -0.05) is 36.6 Å². The van der Waals surface area contributed by atoms with Gasteiger partial charge >= 0.3 is 0 Å². The molecule has 1 nitrogen and oxygen atoms in total. The molecule has 1 N–H and O–H groups in total. The van der Waals surface area contributed by atoms with Crippen LogP contribution in [0.1, 0.15) is 38.2 Å². The number of halogens is 1. The van der Waals surface area contributed by atoms with Crippen molar-refractivity contribution in [2.24, 2.45) is 0 Å². The molecule has 1 unspecified atom stereocenters. The zero-order valence-corrected chi connectivity index (χ0v) is 10.6. The second kappa shape index (κ2) is 5.70. The Morgan fingerprint density at radius 2 is 1.88 bits per heavy atom. The number of hydrogen-bond donors (Lipinski definition) is 1. The van der Waals surface area contributed by atoms with Gasteiger partial charge in [-0.15, -0.1) is 0 Å². The SMILES string of the molecule is CC(Cc1ccc(Cl)cc1)NC1CCCC1. The average Bonchev–Trinajstić information content (AvgIpc) is 2.74. The lowest BCUT2D eigenvalue weighted by Crippen LogP contribution is -2.35. The van der Waals surface area contributed by atoms with Crippen molar-refractivity contribution in [3.8, 4) is 0 Å². The Morgan fingerprint density at radius 1 is 1.25 bits per heavy atom. The average molecular weight is 238 g/mol. The Kier molecular flexibility index (Phi) is 4.25. The maximum atomic E-state index is 5.87. The third kappa shape index (κ3) is 3.50. The zero-order chi connectivity index (χ0) is 11.4. The molecule has 16 heavy (non-hydrogen) atoms. The van der Waals surface area contributed by atoms with Gasteiger partial charge in [0.1, 0.15) is 0 Å². The number of nitrogens with one attached hydrogen (secondary N) is 1. The number of hydrogen-bond acceptors (Lipinski definition) is 1. The Balaban J connectivity index is 1.81. The van der Waals surface area contributed by atoms with Gasteiger partial charge in [-0.3, -0.25) is 0 Å². The van der Waals surface area contributed by atoms with Gasteiger partial charge in [0.25, 0.3) is 0 Å². The minimum absolute atomic E-state index is 0.560. The van der Waals surface area contributed by atoms with Crippen molar-refractivity contribution in [3.05, 3.63) is 34.9 Å². The second-order valence-electron chi connectivity index (χ2n) is 4.88. The lowest BCUT2D eigenvalue weighted by atomic mass is 10.1. The molecule has 0 saturated heterocycles. The summed E-state index contributed by atoms with van der Waals surface area (Å²) < 4.78 is 0. The van der Waals surface area contributed by atoms with E-state index in [4.69, 9.17) is 11.6 Å². The van der Waals surface area contributed by atoms with Gasteiger partial charge in [0.15, 0.2) is 0 Å². The van der Waals surface area contributed by atoms with Gasteiger partial charge in [-0.2, -0.15) is 0 Å². The van der Waals surface area contributed by atoms with E-state index in [1.165, 1.54) is 31.2 Å². The molecule has 1 aromatic rings. The molecule has 1 aliphatic carbocycles. The summed E-state index contributed by atoms with van der Waals surface area (Å²) >= 11 is 5.87. The Bertz CT molecular complexity index is 314. The van der Waals surface area contributed by atoms with Crippen LogP contribution in [-0.2, 0) is 6.42 Å². The molecule has 0 aliphatic heterocycles. The molecule has 0 radical (unpaired) electrons. The summed E-state index contributed by atoms with van der Waals surface area (Å²) in [4.78, 5) is 0. The fourth-order valence-electron chi connectivity index (χ4n) is 2.53. The van der Waals surface area contributed by atoms with E-state index in [0.717, 1.165) is 17.5 Å². The van der Waals surface area contributed by atoms with E-state index < -0.39 is 0 Å². The van der Waals surface area contributed by atoms with Crippen molar-refractivity contribution in [3.63, 3.8) is 0 Å². The number of rotatable bonds is 4. The van der Waals surface area contributed by atoms with E-state index in [9.17, 15) is 0 Å². The van der Waals surface area contributed by atoms with E-state index in [1.807, 2.05) is 12.1 Å². The molecule has 2 rings (SSSR count). The summed E-state index contributed by atoms with van der Waals surface area (Å²) in [5.41, 5.74) is 1.36. The van der Waals surface area contributed by atoms with Crippen molar-refractivity contribution in [2.45, 2.75) is 51.1 Å². The number of benzene rings is 1. The van der Waals surface area contributed by atoms with Crippen LogP contribution in [0, 0.1) is 0 Å². The summed E-state index contributed by atoms with van der Waals surface area (Å²) in [6.07, 6.45) is 6.58. The van der Waals surface area contributed by atoms with Crippen molar-refractivity contribution >= 4 is 11.6 Å². The molecule has 88 valence electrons. The van der Waals surface area contributed by atoms with Gasteiger partial charge in [-0.05, 0) is 43.9 Å². The largest absolute Gasteiger partial charge is 0.311 e. The third-order valence-corrected chi connectivity index (χ3v) is 3.58. The minimum atomic E-state index is 0.560. The van der Waals surface area contributed by atoms with Gasteiger partial charge in [0.2, 0.25) is 0 Å². The quantitative estimate of drug-likeness (QED) is 0.840. The van der Waals surface area contributed by atoms with Crippen molar-refractivity contribution in [1.82, 2.24) is 5.32 Å². The second-order valence-corrected chi connectivity index (χ2v) is 5.32. The van der Waals surface area contributed by atoms with Crippen molar-refractivity contribution < 1.29 is 0 Å². The van der Waals surface area contributed by atoms with Gasteiger partial charge in [0, 0.05) is 17.1 Å². The van der Waals surface area contributed by atoms with Gasteiger partial charge < -0.3 is 5.32 Å². The topological polar surface area (TPSA) is 12.0 Å². The van der Waals surface area contributed by atoms with Gasteiger partial charge in [0.05, 0.1) is 0 Å². The molecule has 0 heterocycles. The van der Waals surface area contributed by atoms with E-state index in [-0.39, 0.29) is 0 Å². The highest BCUT2D eigenvalue weighted by Crippen LogP contribution is 2.19. The highest BCUT2D eigenvalue weighted by molar-refractivity contribution is 6.30. The molecule has 0 amide bonds. The summed E-state index contributed by atoms with van der Waals surface area (Å²) in [5, 5.41) is 4.53. The molecule has 1 fully saturated rings. The first-order valence-electron chi connectivity index (χ1n) is 6.24. The van der Waals surface area contributed by atoms with Crippen LogP contribution >= 0.6 is 11.6 Å². The summed E-state index contributed by atoms with van der Waals surface area (Å²) in [6.45, 7) is 2.27. The van der Waals surface area contributed by atoms with Crippen LogP contribution in [0.15, 0.2) is 24.3 Å². The fraction of sp³-hybridized carbons (Fsp3) is 0.571. The molecule has 0 bridgehead atoms. The molecule has 0 spiro atoms. The van der Waals surface area contributed by atoms with Gasteiger partial charge in [-0.25, -0.2) is 0 Å². The fourth-order valence-corrected chi connectivity index (χ4v) is 2.65. The standard InChI is InChI=1S/C14H20ClN/c1-11(16-14-4-2-3-5-14)10-12-6-8-13(15)9-7-12/h6-9,11,14,16H,2-5,10H2,1H3. The van der Waals surface area contributed by atoms with E-state index in [1.54, 1.807) is 0 Å².